The van der Waals surface area contributed by atoms with E-state index < -0.39 is 12.1 Å². The minimum absolute atomic E-state index is 0.133. The van der Waals surface area contributed by atoms with Crippen LogP contribution in [0.1, 0.15) is 0 Å². The van der Waals surface area contributed by atoms with Crippen molar-refractivity contribution in [2.75, 3.05) is 5.73 Å². The molecule has 64 valence electrons. The van der Waals surface area contributed by atoms with Crippen LogP contribution in [-0.4, -0.2) is 21.6 Å². The number of carbonyl (C=O) groups is 2. The molecule has 1 aromatic heterocycles. The molecule has 0 aromatic carbocycles. The SMILES string of the molecule is NC(=O)NC(=O)n1cncc1N. The van der Waals surface area contributed by atoms with E-state index in [1.54, 1.807) is 0 Å². The highest BCUT2D eigenvalue weighted by atomic mass is 16.2. The molecule has 7 heteroatoms. The number of carbonyl (C=O) groups excluding carboxylic acids is 2. The first-order valence-electron chi connectivity index (χ1n) is 3.00. The van der Waals surface area contributed by atoms with Gasteiger partial charge in [0.2, 0.25) is 0 Å². The van der Waals surface area contributed by atoms with Gasteiger partial charge in [-0.25, -0.2) is 19.1 Å². The van der Waals surface area contributed by atoms with Gasteiger partial charge in [0.15, 0.2) is 0 Å². The third-order valence-corrected chi connectivity index (χ3v) is 1.12. The Morgan fingerprint density at radius 1 is 1.58 bits per heavy atom. The number of anilines is 1. The normalized spacial score (nSPS) is 9.33. The fourth-order valence-electron chi connectivity index (χ4n) is 0.641. The van der Waals surface area contributed by atoms with Gasteiger partial charge in [-0.15, -0.1) is 0 Å². The summed E-state index contributed by atoms with van der Waals surface area (Å²) in [5.41, 5.74) is 10.0. The number of imide groups is 1. The van der Waals surface area contributed by atoms with Gasteiger partial charge in [0.05, 0.1) is 6.20 Å². The molecule has 1 rings (SSSR count). The van der Waals surface area contributed by atoms with Crippen molar-refractivity contribution in [2.24, 2.45) is 5.73 Å². The first kappa shape index (κ1) is 8.05. The number of aromatic nitrogens is 2. The molecule has 0 saturated carbocycles. The van der Waals surface area contributed by atoms with Crippen molar-refractivity contribution in [3.63, 3.8) is 0 Å². The second kappa shape index (κ2) is 2.91. The van der Waals surface area contributed by atoms with Gasteiger partial charge in [0.25, 0.3) is 0 Å². The minimum Gasteiger partial charge on any atom is -0.383 e. The fourth-order valence-corrected chi connectivity index (χ4v) is 0.641. The molecule has 0 bridgehead atoms. The summed E-state index contributed by atoms with van der Waals surface area (Å²) in [6.07, 6.45) is 2.45. The molecule has 0 saturated heterocycles. The quantitative estimate of drug-likeness (QED) is 0.466. The van der Waals surface area contributed by atoms with Gasteiger partial charge in [0, 0.05) is 0 Å². The maximum Gasteiger partial charge on any atom is 0.336 e. The third kappa shape index (κ3) is 1.51. The summed E-state index contributed by atoms with van der Waals surface area (Å²) >= 11 is 0. The molecule has 0 fully saturated rings. The van der Waals surface area contributed by atoms with Crippen LogP contribution in [0, 0.1) is 0 Å². The van der Waals surface area contributed by atoms with Crippen molar-refractivity contribution in [1.29, 1.82) is 0 Å². The number of nitrogen functional groups attached to an aromatic ring is 1. The maximum atomic E-state index is 11.0. The van der Waals surface area contributed by atoms with E-state index in [0.717, 1.165) is 4.57 Å². The van der Waals surface area contributed by atoms with Crippen LogP contribution in [-0.2, 0) is 0 Å². The lowest BCUT2D eigenvalue weighted by molar-refractivity contribution is 0.233. The zero-order valence-electron chi connectivity index (χ0n) is 6.02. The lowest BCUT2D eigenvalue weighted by Crippen LogP contribution is -2.37. The molecule has 0 aliphatic carbocycles. The van der Waals surface area contributed by atoms with Crippen LogP contribution in [0.25, 0.3) is 0 Å². The van der Waals surface area contributed by atoms with Gasteiger partial charge in [-0.2, -0.15) is 0 Å². The second-order valence-corrected chi connectivity index (χ2v) is 1.98. The molecular formula is C5H7N5O2. The number of primary amides is 1. The van der Waals surface area contributed by atoms with Crippen molar-refractivity contribution in [1.82, 2.24) is 14.9 Å². The van der Waals surface area contributed by atoms with Crippen LogP contribution in [0.15, 0.2) is 12.5 Å². The summed E-state index contributed by atoms with van der Waals surface area (Å²) in [6, 6.07) is -1.66. The van der Waals surface area contributed by atoms with E-state index in [2.05, 4.69) is 4.98 Å². The molecule has 5 N–H and O–H groups in total. The Labute approximate surface area is 67.4 Å². The Hall–Kier alpha value is -2.05. The van der Waals surface area contributed by atoms with Crippen LogP contribution in [0.2, 0.25) is 0 Å². The van der Waals surface area contributed by atoms with Crippen LogP contribution in [0.5, 0.6) is 0 Å². The number of nitrogens with one attached hydrogen (secondary N) is 1. The Morgan fingerprint density at radius 2 is 2.25 bits per heavy atom. The number of hydrogen-bond donors (Lipinski definition) is 3. The second-order valence-electron chi connectivity index (χ2n) is 1.98. The van der Waals surface area contributed by atoms with Crippen LogP contribution >= 0.6 is 0 Å². The minimum atomic E-state index is -0.937. The predicted molar refractivity (Wildman–Crippen MR) is 40.2 cm³/mol. The molecule has 0 aliphatic heterocycles. The number of imidazole rings is 1. The lowest BCUT2D eigenvalue weighted by atomic mass is 10.7. The van der Waals surface area contributed by atoms with Gasteiger partial charge in [-0.05, 0) is 0 Å². The largest absolute Gasteiger partial charge is 0.383 e. The monoisotopic (exact) mass is 169 g/mol. The molecule has 1 heterocycles. The fraction of sp³-hybridized carbons (Fsp3) is 0. The number of nitrogens with two attached hydrogens (primary N) is 2. The Balaban J connectivity index is 2.78. The Kier molecular flexibility index (Phi) is 1.95. The van der Waals surface area contributed by atoms with Crippen LogP contribution in [0.3, 0.4) is 0 Å². The van der Waals surface area contributed by atoms with Gasteiger partial charge >= 0.3 is 12.1 Å². The van der Waals surface area contributed by atoms with E-state index >= 15 is 0 Å². The van der Waals surface area contributed by atoms with Gasteiger partial charge in [-0.3, -0.25) is 5.32 Å². The molecule has 12 heavy (non-hydrogen) atoms. The maximum absolute atomic E-state index is 11.0. The molecule has 3 amide bonds. The smallest absolute Gasteiger partial charge is 0.336 e. The van der Waals surface area contributed by atoms with Gasteiger partial charge < -0.3 is 11.5 Å². The van der Waals surface area contributed by atoms with Crippen molar-refractivity contribution >= 4 is 17.9 Å². The van der Waals surface area contributed by atoms with E-state index in [0.29, 0.717) is 0 Å². The molecule has 0 aliphatic rings. The van der Waals surface area contributed by atoms with Crippen molar-refractivity contribution < 1.29 is 9.59 Å². The zero-order valence-corrected chi connectivity index (χ0v) is 6.02. The summed E-state index contributed by atoms with van der Waals surface area (Å²) in [6.45, 7) is 0. The third-order valence-electron chi connectivity index (χ3n) is 1.12. The number of urea groups is 1. The summed E-state index contributed by atoms with van der Waals surface area (Å²) in [5.74, 6) is 0.133. The standard InChI is InChI=1S/C5H7N5O2/c6-3-1-8-2-10(3)5(12)9-4(7)11/h1-2H,6H2,(H3,7,9,11,12). The molecule has 0 unspecified atom stereocenters. The highest BCUT2D eigenvalue weighted by molar-refractivity contribution is 5.94. The van der Waals surface area contributed by atoms with E-state index in [4.69, 9.17) is 11.5 Å². The summed E-state index contributed by atoms with van der Waals surface area (Å²) in [5, 5.41) is 1.83. The number of rotatable bonds is 0. The summed E-state index contributed by atoms with van der Waals surface area (Å²) in [7, 11) is 0. The molecular weight excluding hydrogens is 162 g/mol. The van der Waals surface area contributed by atoms with E-state index in [-0.39, 0.29) is 5.82 Å². The molecule has 7 nitrogen and oxygen atoms in total. The average Bonchev–Trinajstić information content (AvgIpc) is 2.33. The van der Waals surface area contributed by atoms with Crippen molar-refractivity contribution in [3.05, 3.63) is 12.5 Å². The van der Waals surface area contributed by atoms with Crippen LogP contribution < -0.4 is 16.8 Å². The molecule has 0 radical (unpaired) electrons. The first-order chi connectivity index (χ1) is 5.61. The Bertz CT molecular complexity index is 317. The zero-order chi connectivity index (χ0) is 9.14. The van der Waals surface area contributed by atoms with Gasteiger partial charge in [-0.1, -0.05) is 0 Å². The average molecular weight is 169 g/mol. The molecule has 0 spiro atoms. The van der Waals surface area contributed by atoms with E-state index in [1.165, 1.54) is 12.5 Å². The van der Waals surface area contributed by atoms with Crippen LogP contribution in [0.4, 0.5) is 15.4 Å². The number of hydrogen-bond acceptors (Lipinski definition) is 4. The topological polar surface area (TPSA) is 116 Å². The van der Waals surface area contributed by atoms with E-state index in [9.17, 15) is 9.59 Å². The highest BCUT2D eigenvalue weighted by Gasteiger charge is 2.08. The summed E-state index contributed by atoms with van der Waals surface area (Å²) in [4.78, 5) is 24.8. The molecule has 1 aromatic rings. The first-order valence-corrected chi connectivity index (χ1v) is 3.00. The van der Waals surface area contributed by atoms with E-state index in [1.807, 2.05) is 5.32 Å². The number of amides is 3. The van der Waals surface area contributed by atoms with Gasteiger partial charge in [0.1, 0.15) is 12.1 Å². The molecule has 0 atom stereocenters. The highest BCUT2D eigenvalue weighted by Crippen LogP contribution is 1.97. The Morgan fingerprint density at radius 3 is 2.67 bits per heavy atom. The van der Waals surface area contributed by atoms with Crippen molar-refractivity contribution in [2.45, 2.75) is 0 Å². The summed E-state index contributed by atoms with van der Waals surface area (Å²) < 4.78 is 0.963. The lowest BCUT2D eigenvalue weighted by Gasteiger charge is -2.01. The predicted octanol–water partition coefficient (Wildman–Crippen LogP) is -0.898. The van der Waals surface area contributed by atoms with Crippen molar-refractivity contribution in [3.8, 4) is 0 Å². The number of nitrogens with zero attached hydrogens (tertiary/aromatic N) is 2.